The van der Waals surface area contributed by atoms with Gasteiger partial charge in [-0.3, -0.25) is 0 Å². The van der Waals surface area contributed by atoms with Crippen molar-refractivity contribution >= 4 is 6.29 Å². The van der Waals surface area contributed by atoms with Gasteiger partial charge in [-0.05, 0) is 84.9 Å². The third-order valence-corrected chi connectivity index (χ3v) is 9.86. The Kier molecular flexibility index (Phi) is 2.33. The van der Waals surface area contributed by atoms with E-state index in [1.807, 2.05) is 6.92 Å². The van der Waals surface area contributed by atoms with Crippen LogP contribution in [0.3, 0.4) is 0 Å². The lowest BCUT2D eigenvalue weighted by molar-refractivity contribution is -0.192. The number of hydrogen-bond acceptors (Lipinski definition) is 2. The van der Waals surface area contributed by atoms with Crippen LogP contribution >= 0.6 is 0 Å². The number of carbonyl (C=O) groups excluding carboxylic acids is 1. The number of rotatable bonds is 1. The van der Waals surface area contributed by atoms with E-state index >= 15 is 0 Å². The van der Waals surface area contributed by atoms with Gasteiger partial charge in [0.2, 0.25) is 0 Å². The van der Waals surface area contributed by atoms with Crippen molar-refractivity contribution in [1.82, 2.24) is 0 Å². The summed E-state index contributed by atoms with van der Waals surface area (Å²) >= 11 is 0. The van der Waals surface area contributed by atoms with Crippen molar-refractivity contribution < 1.29 is 9.90 Å². The predicted molar refractivity (Wildman–Crippen MR) is 85.1 cm³/mol. The molecule has 6 rings (SSSR count). The molecule has 1 spiro atoms. The lowest BCUT2D eigenvalue weighted by Crippen LogP contribution is -2.61. The van der Waals surface area contributed by atoms with Crippen molar-refractivity contribution in [1.29, 1.82) is 0 Å². The summed E-state index contributed by atoms with van der Waals surface area (Å²) in [6.45, 7) is 7.06. The molecule has 0 unspecified atom stereocenters. The summed E-state index contributed by atoms with van der Waals surface area (Å²) in [6, 6.07) is 0. The molecule has 22 heavy (non-hydrogen) atoms. The number of fused-ring (bicyclic) bond motifs is 1. The summed E-state index contributed by atoms with van der Waals surface area (Å²) < 4.78 is 0. The SMILES string of the molecule is C[C@]1(C=O)[C@H](O)CC[C@@]2(C)[C@@H]3C[C@@H]4[C@H]5C[C@@]3(CC[C@H]12)C[C@]45C. The van der Waals surface area contributed by atoms with Crippen LogP contribution in [0.5, 0.6) is 0 Å². The molecule has 0 saturated heterocycles. The van der Waals surface area contributed by atoms with Gasteiger partial charge in [-0.15, -0.1) is 0 Å². The fourth-order valence-corrected chi connectivity index (χ4v) is 8.73. The standard InChI is InChI=1S/C20H30O2/c1-17-6-5-16(22)19(3,11-21)14(17)4-7-20-9-13-12(8-15(17)20)18(13,2)10-20/h11-16,22H,4-10H2,1-3H3/t12-,13-,14+,15+,16-,17-,18-,19-,20+/m1/s1. The molecular weight excluding hydrogens is 272 g/mol. The third kappa shape index (κ3) is 1.26. The lowest BCUT2D eigenvalue weighted by atomic mass is 9.39. The Morgan fingerprint density at radius 3 is 2.41 bits per heavy atom. The van der Waals surface area contributed by atoms with Crippen LogP contribution in [-0.4, -0.2) is 17.5 Å². The van der Waals surface area contributed by atoms with Crippen LogP contribution in [0.4, 0.5) is 0 Å². The average molecular weight is 302 g/mol. The highest BCUT2D eigenvalue weighted by atomic mass is 16.3. The van der Waals surface area contributed by atoms with E-state index in [2.05, 4.69) is 13.8 Å². The topological polar surface area (TPSA) is 37.3 Å². The smallest absolute Gasteiger partial charge is 0.128 e. The first-order valence-electron chi connectivity index (χ1n) is 9.45. The van der Waals surface area contributed by atoms with Gasteiger partial charge in [0.15, 0.2) is 0 Å². The zero-order chi connectivity index (χ0) is 15.5. The number of aliphatic hydroxyl groups is 1. The van der Waals surface area contributed by atoms with Crippen LogP contribution in [-0.2, 0) is 4.79 Å². The molecule has 6 aliphatic rings. The molecule has 6 aliphatic carbocycles. The summed E-state index contributed by atoms with van der Waals surface area (Å²) in [5.74, 6) is 3.20. The Labute approximate surface area is 134 Å². The molecule has 0 aromatic heterocycles. The van der Waals surface area contributed by atoms with Crippen molar-refractivity contribution in [3.05, 3.63) is 0 Å². The van der Waals surface area contributed by atoms with Gasteiger partial charge < -0.3 is 9.90 Å². The average Bonchev–Trinajstić information content (AvgIpc) is 2.94. The maximum Gasteiger partial charge on any atom is 0.128 e. The first-order chi connectivity index (χ1) is 10.3. The monoisotopic (exact) mass is 302 g/mol. The van der Waals surface area contributed by atoms with Gasteiger partial charge in [-0.25, -0.2) is 0 Å². The lowest BCUT2D eigenvalue weighted by Gasteiger charge is -2.65. The second kappa shape index (κ2) is 3.66. The Morgan fingerprint density at radius 2 is 1.77 bits per heavy atom. The van der Waals surface area contributed by atoms with E-state index in [4.69, 9.17) is 0 Å². The van der Waals surface area contributed by atoms with Crippen LogP contribution in [0.2, 0.25) is 0 Å². The summed E-state index contributed by atoms with van der Waals surface area (Å²) in [7, 11) is 0. The minimum atomic E-state index is -0.512. The minimum Gasteiger partial charge on any atom is -0.392 e. The Morgan fingerprint density at radius 1 is 1.00 bits per heavy atom. The molecule has 6 saturated carbocycles. The molecule has 4 bridgehead atoms. The van der Waals surface area contributed by atoms with Crippen molar-refractivity contribution in [2.24, 2.45) is 45.3 Å². The molecular formula is C20H30O2. The summed E-state index contributed by atoms with van der Waals surface area (Å²) in [5, 5.41) is 10.5. The van der Waals surface area contributed by atoms with E-state index in [0.29, 0.717) is 16.7 Å². The van der Waals surface area contributed by atoms with Crippen LogP contribution in [0, 0.1) is 45.3 Å². The van der Waals surface area contributed by atoms with Crippen molar-refractivity contribution in [2.45, 2.75) is 71.8 Å². The highest BCUT2D eigenvalue weighted by Gasteiger charge is 2.78. The Balaban J connectivity index is 1.56. The van der Waals surface area contributed by atoms with Crippen LogP contribution in [0.1, 0.15) is 65.7 Å². The van der Waals surface area contributed by atoms with Gasteiger partial charge in [0.1, 0.15) is 6.29 Å². The van der Waals surface area contributed by atoms with Crippen LogP contribution in [0.25, 0.3) is 0 Å². The molecule has 0 aromatic rings. The number of aliphatic hydroxyl groups excluding tert-OH is 1. The number of aldehydes is 1. The number of carbonyl (C=O) groups is 1. The molecule has 1 N–H and O–H groups in total. The van der Waals surface area contributed by atoms with Gasteiger partial charge >= 0.3 is 0 Å². The molecule has 122 valence electrons. The summed E-state index contributed by atoms with van der Waals surface area (Å²) in [6.07, 6.45) is 9.44. The number of hydrogen-bond donors (Lipinski definition) is 1. The quantitative estimate of drug-likeness (QED) is 0.748. The van der Waals surface area contributed by atoms with Gasteiger partial charge in [-0.2, -0.15) is 0 Å². The van der Waals surface area contributed by atoms with E-state index in [1.165, 1.54) is 25.7 Å². The summed E-state index contributed by atoms with van der Waals surface area (Å²) in [5.41, 5.74) is 1.04. The second-order valence-corrected chi connectivity index (χ2v) is 10.4. The van der Waals surface area contributed by atoms with Crippen molar-refractivity contribution in [2.75, 3.05) is 0 Å². The molecule has 6 fully saturated rings. The highest BCUT2D eigenvalue weighted by Crippen LogP contribution is 2.85. The van der Waals surface area contributed by atoms with E-state index < -0.39 is 11.5 Å². The Hall–Kier alpha value is -0.370. The van der Waals surface area contributed by atoms with Gasteiger partial charge in [0.05, 0.1) is 11.5 Å². The second-order valence-electron chi connectivity index (χ2n) is 10.4. The van der Waals surface area contributed by atoms with Gasteiger partial charge in [0, 0.05) is 0 Å². The molecule has 2 nitrogen and oxygen atoms in total. The van der Waals surface area contributed by atoms with Crippen LogP contribution < -0.4 is 0 Å². The van der Waals surface area contributed by atoms with Crippen molar-refractivity contribution in [3.63, 3.8) is 0 Å². The molecule has 2 heteroatoms. The van der Waals surface area contributed by atoms with E-state index in [1.54, 1.807) is 0 Å². The molecule has 0 radical (unpaired) electrons. The Bertz CT molecular complexity index is 558. The first kappa shape index (κ1) is 14.0. The maximum absolute atomic E-state index is 11.9. The van der Waals surface area contributed by atoms with Gasteiger partial charge in [0.25, 0.3) is 0 Å². The molecule has 0 aliphatic heterocycles. The normalized spacial score (nSPS) is 68.1. The zero-order valence-corrected chi connectivity index (χ0v) is 14.3. The van der Waals surface area contributed by atoms with E-state index in [0.717, 1.165) is 43.3 Å². The first-order valence-corrected chi connectivity index (χ1v) is 9.45. The molecule has 0 amide bonds. The fraction of sp³-hybridized carbons (Fsp3) is 0.950. The largest absolute Gasteiger partial charge is 0.392 e. The molecule has 0 aromatic carbocycles. The molecule has 0 heterocycles. The maximum atomic E-state index is 11.9. The van der Waals surface area contributed by atoms with Gasteiger partial charge in [-0.1, -0.05) is 20.8 Å². The van der Waals surface area contributed by atoms with E-state index in [-0.39, 0.29) is 5.41 Å². The zero-order valence-electron chi connectivity index (χ0n) is 14.3. The molecule has 9 atom stereocenters. The fourth-order valence-electron chi connectivity index (χ4n) is 8.73. The predicted octanol–water partition coefficient (Wildman–Crippen LogP) is 3.82. The highest BCUT2D eigenvalue weighted by molar-refractivity contribution is 5.61. The summed E-state index contributed by atoms with van der Waals surface area (Å²) in [4.78, 5) is 11.9. The van der Waals surface area contributed by atoms with Crippen molar-refractivity contribution in [3.8, 4) is 0 Å². The third-order valence-electron chi connectivity index (χ3n) is 9.86. The minimum absolute atomic E-state index is 0.280. The van der Waals surface area contributed by atoms with E-state index in [9.17, 15) is 9.90 Å². The van der Waals surface area contributed by atoms with Crippen LogP contribution in [0.15, 0.2) is 0 Å².